The number of β-amino-alcohol motifs (C(OH)–C–C–N with tert-alkyl or cyclic N) is 1. The Balaban J connectivity index is 1.53. The van der Waals surface area contributed by atoms with Crippen LogP contribution in [0, 0.1) is 25.7 Å². The summed E-state index contributed by atoms with van der Waals surface area (Å²) in [6, 6.07) is 13.9. The van der Waals surface area contributed by atoms with Crippen molar-refractivity contribution in [1.82, 2.24) is 4.90 Å². The van der Waals surface area contributed by atoms with Gasteiger partial charge in [0.15, 0.2) is 0 Å². The van der Waals surface area contributed by atoms with Gasteiger partial charge in [-0.3, -0.25) is 4.90 Å². The Kier molecular flexibility index (Phi) is 5.46. The Hall–Kier alpha value is -1.88. The van der Waals surface area contributed by atoms with E-state index in [1.54, 1.807) is 24.3 Å². The third kappa shape index (κ3) is 4.09. The maximum absolute atomic E-state index is 10.8. The van der Waals surface area contributed by atoms with E-state index >= 15 is 0 Å². The minimum Gasteiger partial charge on any atom is -0.508 e. The number of hydrogen-bond donors (Lipinski definition) is 3. The van der Waals surface area contributed by atoms with Gasteiger partial charge in [-0.1, -0.05) is 41.5 Å². The molecule has 0 aromatic heterocycles. The van der Waals surface area contributed by atoms with Crippen molar-refractivity contribution in [2.45, 2.75) is 51.4 Å². The van der Waals surface area contributed by atoms with E-state index in [1.807, 2.05) is 0 Å². The Morgan fingerprint density at radius 1 is 1.04 bits per heavy atom. The number of aromatic hydroxyl groups is 1. The number of aryl methyl sites for hydroxylation is 2. The molecule has 1 aliphatic carbocycles. The molecule has 5 unspecified atom stereocenters. The predicted octanol–water partition coefficient (Wildman–Crippen LogP) is 3.36. The van der Waals surface area contributed by atoms with E-state index in [0.29, 0.717) is 24.4 Å². The number of benzene rings is 2. The zero-order chi connectivity index (χ0) is 19.8. The Morgan fingerprint density at radius 3 is 2.39 bits per heavy atom. The van der Waals surface area contributed by atoms with Gasteiger partial charge in [0.05, 0.1) is 12.2 Å². The van der Waals surface area contributed by atoms with E-state index in [2.05, 4.69) is 36.9 Å². The van der Waals surface area contributed by atoms with Crippen LogP contribution in [-0.2, 0) is 6.42 Å². The van der Waals surface area contributed by atoms with Gasteiger partial charge in [-0.15, -0.1) is 0 Å². The normalized spacial score (nSPS) is 28.4. The molecule has 4 heteroatoms. The first kappa shape index (κ1) is 19.4. The van der Waals surface area contributed by atoms with Crippen LogP contribution in [0.5, 0.6) is 5.75 Å². The van der Waals surface area contributed by atoms with E-state index in [1.165, 1.54) is 16.7 Å². The highest BCUT2D eigenvalue weighted by Gasteiger charge is 2.47. The number of likely N-dealkylation sites (tertiary alicyclic amines) is 1. The third-order valence-electron chi connectivity index (χ3n) is 6.57. The van der Waals surface area contributed by atoms with Crippen molar-refractivity contribution in [3.05, 3.63) is 64.7 Å². The molecule has 4 rings (SSSR count). The summed E-state index contributed by atoms with van der Waals surface area (Å²) in [5.41, 5.74) is 4.74. The summed E-state index contributed by atoms with van der Waals surface area (Å²) in [4.78, 5) is 2.43. The molecule has 2 fully saturated rings. The minimum atomic E-state index is -0.578. The number of nitrogens with zero attached hydrogens (tertiary/aromatic N) is 1. The maximum atomic E-state index is 10.8. The molecule has 4 nitrogen and oxygen atoms in total. The lowest BCUT2D eigenvalue weighted by Crippen LogP contribution is -2.38. The summed E-state index contributed by atoms with van der Waals surface area (Å²) in [7, 11) is 0. The number of aliphatic hydroxyl groups excluding tert-OH is 2. The Labute approximate surface area is 167 Å². The van der Waals surface area contributed by atoms with Crippen molar-refractivity contribution in [3.8, 4) is 5.75 Å². The van der Waals surface area contributed by atoms with Crippen LogP contribution in [0.4, 0.5) is 0 Å². The van der Waals surface area contributed by atoms with Crippen LogP contribution in [0.15, 0.2) is 42.5 Å². The molecule has 1 saturated carbocycles. The van der Waals surface area contributed by atoms with Crippen LogP contribution in [-0.4, -0.2) is 45.5 Å². The molecule has 150 valence electrons. The summed E-state index contributed by atoms with van der Waals surface area (Å²) in [6.45, 7) is 5.80. The number of phenolic OH excluding ortho intramolecular Hbond substituents is 1. The topological polar surface area (TPSA) is 63.9 Å². The van der Waals surface area contributed by atoms with E-state index in [0.717, 1.165) is 31.4 Å². The second-order valence-electron chi connectivity index (χ2n) is 8.88. The standard InChI is InChI=1S/C24H31NO3/c1-15-7-16(2)9-17(8-15)10-23-22-12-21(27)11-19(22)13-25(23)14-24(28)18-3-5-20(26)6-4-18/h3-9,19,21-24,26-28H,10-14H2,1-2H3. The minimum absolute atomic E-state index is 0.180. The molecular weight excluding hydrogens is 350 g/mol. The van der Waals surface area contributed by atoms with E-state index in [4.69, 9.17) is 0 Å². The Bertz CT molecular complexity index is 799. The van der Waals surface area contributed by atoms with E-state index in [-0.39, 0.29) is 11.9 Å². The van der Waals surface area contributed by atoms with Gasteiger partial charge in [-0.25, -0.2) is 0 Å². The first-order valence-electron chi connectivity index (χ1n) is 10.4. The summed E-state index contributed by atoms with van der Waals surface area (Å²) in [5.74, 6) is 1.22. The summed E-state index contributed by atoms with van der Waals surface area (Å²) < 4.78 is 0. The molecule has 2 aromatic rings. The maximum Gasteiger partial charge on any atom is 0.115 e. The van der Waals surface area contributed by atoms with Crippen molar-refractivity contribution < 1.29 is 15.3 Å². The lowest BCUT2D eigenvalue weighted by atomic mass is 9.89. The van der Waals surface area contributed by atoms with Crippen LogP contribution in [0.1, 0.15) is 41.2 Å². The van der Waals surface area contributed by atoms with Crippen LogP contribution >= 0.6 is 0 Å². The quantitative estimate of drug-likeness (QED) is 0.743. The molecule has 0 bridgehead atoms. The van der Waals surface area contributed by atoms with Gasteiger partial charge in [-0.2, -0.15) is 0 Å². The summed E-state index contributed by atoms with van der Waals surface area (Å²) in [6.07, 6.45) is 1.94. The first-order chi connectivity index (χ1) is 13.4. The van der Waals surface area contributed by atoms with E-state index in [9.17, 15) is 15.3 Å². The number of rotatable bonds is 5. The van der Waals surface area contributed by atoms with Crippen molar-refractivity contribution in [2.75, 3.05) is 13.1 Å². The Morgan fingerprint density at radius 2 is 1.71 bits per heavy atom. The van der Waals surface area contributed by atoms with Crippen LogP contribution in [0.25, 0.3) is 0 Å². The monoisotopic (exact) mass is 381 g/mol. The van der Waals surface area contributed by atoms with Crippen molar-refractivity contribution in [1.29, 1.82) is 0 Å². The molecule has 1 saturated heterocycles. The number of phenols is 1. The first-order valence-corrected chi connectivity index (χ1v) is 10.4. The molecule has 0 radical (unpaired) electrons. The fourth-order valence-corrected chi connectivity index (χ4v) is 5.46. The molecule has 0 spiro atoms. The second-order valence-corrected chi connectivity index (χ2v) is 8.88. The van der Waals surface area contributed by atoms with Gasteiger partial charge in [0.2, 0.25) is 0 Å². The zero-order valence-corrected chi connectivity index (χ0v) is 16.8. The van der Waals surface area contributed by atoms with Crippen molar-refractivity contribution >= 4 is 0 Å². The molecule has 1 heterocycles. The summed E-state index contributed by atoms with van der Waals surface area (Å²) >= 11 is 0. The lowest BCUT2D eigenvalue weighted by Gasteiger charge is -2.30. The number of aliphatic hydroxyl groups is 2. The average Bonchev–Trinajstić information content (AvgIpc) is 3.12. The molecule has 2 aliphatic rings. The van der Waals surface area contributed by atoms with Crippen LogP contribution in [0.3, 0.4) is 0 Å². The molecule has 5 atom stereocenters. The molecule has 2 aromatic carbocycles. The highest BCUT2D eigenvalue weighted by molar-refractivity contribution is 5.30. The van der Waals surface area contributed by atoms with Crippen LogP contribution in [0.2, 0.25) is 0 Å². The van der Waals surface area contributed by atoms with Gasteiger partial charge in [0.25, 0.3) is 0 Å². The second kappa shape index (κ2) is 7.86. The van der Waals surface area contributed by atoms with Crippen LogP contribution < -0.4 is 0 Å². The van der Waals surface area contributed by atoms with E-state index < -0.39 is 6.10 Å². The largest absolute Gasteiger partial charge is 0.508 e. The highest BCUT2D eigenvalue weighted by Crippen LogP contribution is 2.44. The fraction of sp³-hybridized carbons (Fsp3) is 0.500. The van der Waals surface area contributed by atoms with Crippen molar-refractivity contribution in [2.24, 2.45) is 11.8 Å². The molecule has 0 amide bonds. The van der Waals surface area contributed by atoms with Gasteiger partial charge >= 0.3 is 0 Å². The lowest BCUT2D eigenvalue weighted by molar-refractivity contribution is 0.0879. The van der Waals surface area contributed by atoms with Gasteiger partial charge in [0, 0.05) is 19.1 Å². The number of hydrogen-bond acceptors (Lipinski definition) is 4. The SMILES string of the molecule is Cc1cc(C)cc(CC2C3CC(O)CC3CN2CC(O)c2ccc(O)cc2)c1. The number of fused-ring (bicyclic) bond motifs is 1. The predicted molar refractivity (Wildman–Crippen MR) is 110 cm³/mol. The average molecular weight is 382 g/mol. The van der Waals surface area contributed by atoms with Gasteiger partial charge in [-0.05, 0) is 68.2 Å². The molecular formula is C24H31NO3. The van der Waals surface area contributed by atoms with Gasteiger partial charge in [0.1, 0.15) is 5.75 Å². The molecule has 1 aliphatic heterocycles. The fourth-order valence-electron chi connectivity index (χ4n) is 5.46. The van der Waals surface area contributed by atoms with Crippen molar-refractivity contribution in [3.63, 3.8) is 0 Å². The smallest absolute Gasteiger partial charge is 0.115 e. The zero-order valence-electron chi connectivity index (χ0n) is 16.8. The highest BCUT2D eigenvalue weighted by atomic mass is 16.3. The molecule has 28 heavy (non-hydrogen) atoms. The van der Waals surface area contributed by atoms with Gasteiger partial charge < -0.3 is 15.3 Å². The summed E-state index contributed by atoms with van der Waals surface area (Å²) in [5, 5.41) is 30.5. The third-order valence-corrected chi connectivity index (χ3v) is 6.57. The molecule has 3 N–H and O–H groups in total.